The Morgan fingerprint density at radius 3 is 2.42 bits per heavy atom. The van der Waals surface area contributed by atoms with Crippen LogP contribution < -0.4 is 5.32 Å². The number of carbonyl (C=O) groups is 1. The summed E-state index contributed by atoms with van der Waals surface area (Å²) in [6, 6.07) is 7.33. The van der Waals surface area contributed by atoms with E-state index >= 15 is 0 Å². The second kappa shape index (κ2) is 5.17. The van der Waals surface area contributed by atoms with Crippen LogP contribution in [-0.4, -0.2) is 31.8 Å². The van der Waals surface area contributed by atoms with Gasteiger partial charge in [-0.05, 0) is 25.0 Å². The number of rotatable bonds is 5. The number of aliphatic carboxylic acids is 1. The van der Waals surface area contributed by atoms with E-state index in [1.54, 1.807) is 0 Å². The summed E-state index contributed by atoms with van der Waals surface area (Å²) in [5.74, 6) is -0.668. The smallest absolute Gasteiger partial charge is 0.329 e. The van der Waals surface area contributed by atoms with Crippen LogP contribution in [0.25, 0.3) is 11.0 Å². The Morgan fingerprint density at radius 2 is 1.84 bits per heavy atom. The lowest BCUT2D eigenvalue weighted by Gasteiger charge is -2.27. The fourth-order valence-electron chi connectivity index (χ4n) is 1.93. The standard InChI is InChI=1S/C13H16N4O2/c1-3-13(4-2,11(18)19)15-12-14-9-7-5-6-8-10(9)16-17-12/h5-8H,3-4H2,1-2H3,(H,18,19)(H,14,15,17). The van der Waals surface area contributed by atoms with Gasteiger partial charge in [0.2, 0.25) is 5.95 Å². The molecular formula is C13H16N4O2. The van der Waals surface area contributed by atoms with Crippen LogP contribution in [0.3, 0.4) is 0 Å². The summed E-state index contributed by atoms with van der Waals surface area (Å²) >= 11 is 0. The molecular weight excluding hydrogens is 244 g/mol. The molecule has 0 fully saturated rings. The second-order valence-corrected chi connectivity index (χ2v) is 4.34. The summed E-state index contributed by atoms with van der Waals surface area (Å²) in [6.45, 7) is 3.64. The maximum atomic E-state index is 11.4. The monoisotopic (exact) mass is 260 g/mol. The maximum Gasteiger partial charge on any atom is 0.329 e. The van der Waals surface area contributed by atoms with E-state index in [0.29, 0.717) is 23.9 Å². The molecule has 100 valence electrons. The van der Waals surface area contributed by atoms with E-state index in [1.165, 1.54) is 0 Å². The maximum absolute atomic E-state index is 11.4. The average Bonchev–Trinajstić information content (AvgIpc) is 2.44. The lowest BCUT2D eigenvalue weighted by molar-refractivity contribution is -0.142. The minimum absolute atomic E-state index is 0.241. The number of nitrogens with one attached hydrogen (secondary N) is 1. The molecule has 0 saturated heterocycles. The highest BCUT2D eigenvalue weighted by molar-refractivity contribution is 5.82. The number of hydrogen-bond donors (Lipinski definition) is 2. The Bertz CT molecular complexity index is 596. The van der Waals surface area contributed by atoms with Crippen molar-refractivity contribution in [3.8, 4) is 0 Å². The molecule has 6 nitrogen and oxygen atoms in total. The van der Waals surface area contributed by atoms with Gasteiger partial charge in [0.25, 0.3) is 0 Å². The number of anilines is 1. The van der Waals surface area contributed by atoms with Crippen molar-refractivity contribution >= 4 is 23.0 Å². The molecule has 0 aliphatic rings. The highest BCUT2D eigenvalue weighted by Gasteiger charge is 2.35. The molecule has 0 atom stereocenters. The van der Waals surface area contributed by atoms with Crippen molar-refractivity contribution in [2.45, 2.75) is 32.2 Å². The zero-order valence-corrected chi connectivity index (χ0v) is 10.9. The first-order chi connectivity index (χ1) is 9.11. The summed E-state index contributed by atoms with van der Waals surface area (Å²) in [5.41, 5.74) is 0.317. The number of carboxylic acid groups (broad SMARTS) is 1. The minimum Gasteiger partial charge on any atom is -0.480 e. The van der Waals surface area contributed by atoms with Crippen molar-refractivity contribution in [3.05, 3.63) is 24.3 Å². The van der Waals surface area contributed by atoms with E-state index in [1.807, 2.05) is 38.1 Å². The third kappa shape index (κ3) is 2.47. The molecule has 1 heterocycles. The Hall–Kier alpha value is -2.24. The van der Waals surface area contributed by atoms with Crippen LogP contribution in [0.4, 0.5) is 5.95 Å². The van der Waals surface area contributed by atoms with Crippen molar-refractivity contribution in [2.75, 3.05) is 5.32 Å². The van der Waals surface area contributed by atoms with Gasteiger partial charge in [0.1, 0.15) is 11.1 Å². The van der Waals surface area contributed by atoms with Crippen molar-refractivity contribution in [1.82, 2.24) is 15.2 Å². The summed E-state index contributed by atoms with van der Waals surface area (Å²) in [7, 11) is 0. The zero-order valence-electron chi connectivity index (χ0n) is 10.9. The van der Waals surface area contributed by atoms with Gasteiger partial charge in [-0.2, -0.15) is 0 Å². The van der Waals surface area contributed by atoms with Gasteiger partial charge in [0.15, 0.2) is 0 Å². The first-order valence-corrected chi connectivity index (χ1v) is 6.22. The van der Waals surface area contributed by atoms with Crippen LogP contribution >= 0.6 is 0 Å². The van der Waals surface area contributed by atoms with Crippen LogP contribution in [0.5, 0.6) is 0 Å². The predicted octanol–water partition coefficient (Wildman–Crippen LogP) is 2.08. The van der Waals surface area contributed by atoms with Gasteiger partial charge in [-0.15, -0.1) is 10.2 Å². The van der Waals surface area contributed by atoms with Crippen molar-refractivity contribution in [1.29, 1.82) is 0 Å². The van der Waals surface area contributed by atoms with Crippen LogP contribution in [0.15, 0.2) is 24.3 Å². The molecule has 0 radical (unpaired) electrons. The van der Waals surface area contributed by atoms with Gasteiger partial charge in [-0.1, -0.05) is 26.0 Å². The fraction of sp³-hybridized carbons (Fsp3) is 0.385. The molecule has 0 saturated carbocycles. The van der Waals surface area contributed by atoms with Gasteiger partial charge in [0, 0.05) is 0 Å². The quantitative estimate of drug-likeness (QED) is 0.855. The Labute approximate surface area is 110 Å². The average molecular weight is 260 g/mol. The Morgan fingerprint density at radius 1 is 1.21 bits per heavy atom. The molecule has 2 rings (SSSR count). The van der Waals surface area contributed by atoms with Crippen LogP contribution in [0.1, 0.15) is 26.7 Å². The van der Waals surface area contributed by atoms with Crippen molar-refractivity contribution in [2.24, 2.45) is 0 Å². The number of benzene rings is 1. The van der Waals surface area contributed by atoms with E-state index in [4.69, 9.17) is 0 Å². The highest BCUT2D eigenvalue weighted by atomic mass is 16.4. The van der Waals surface area contributed by atoms with Gasteiger partial charge in [-0.3, -0.25) is 0 Å². The third-order valence-corrected chi connectivity index (χ3v) is 3.33. The van der Waals surface area contributed by atoms with E-state index in [2.05, 4.69) is 20.5 Å². The fourth-order valence-corrected chi connectivity index (χ4v) is 1.93. The molecule has 0 unspecified atom stereocenters. The normalized spacial score (nSPS) is 11.5. The topological polar surface area (TPSA) is 88.0 Å². The van der Waals surface area contributed by atoms with E-state index in [0.717, 1.165) is 0 Å². The number of nitrogens with zero attached hydrogens (tertiary/aromatic N) is 3. The number of hydrogen-bond acceptors (Lipinski definition) is 5. The number of carboxylic acids is 1. The van der Waals surface area contributed by atoms with Crippen LogP contribution in [-0.2, 0) is 4.79 Å². The largest absolute Gasteiger partial charge is 0.480 e. The van der Waals surface area contributed by atoms with Gasteiger partial charge in [-0.25, -0.2) is 9.78 Å². The first kappa shape index (κ1) is 13.2. The van der Waals surface area contributed by atoms with Crippen molar-refractivity contribution in [3.63, 3.8) is 0 Å². The molecule has 1 aromatic carbocycles. The molecule has 0 aliphatic heterocycles. The molecule has 0 spiro atoms. The second-order valence-electron chi connectivity index (χ2n) is 4.34. The molecule has 2 N–H and O–H groups in total. The van der Waals surface area contributed by atoms with E-state index < -0.39 is 11.5 Å². The molecule has 0 aliphatic carbocycles. The van der Waals surface area contributed by atoms with E-state index in [9.17, 15) is 9.90 Å². The summed E-state index contributed by atoms with van der Waals surface area (Å²) < 4.78 is 0. The molecule has 1 aromatic heterocycles. The Balaban J connectivity index is 2.36. The van der Waals surface area contributed by atoms with Crippen LogP contribution in [0.2, 0.25) is 0 Å². The molecule has 2 aromatic rings. The molecule has 6 heteroatoms. The molecule has 0 amide bonds. The van der Waals surface area contributed by atoms with E-state index in [-0.39, 0.29) is 5.95 Å². The van der Waals surface area contributed by atoms with Gasteiger partial charge in [0.05, 0.1) is 5.52 Å². The minimum atomic E-state index is -1.05. The van der Waals surface area contributed by atoms with Crippen molar-refractivity contribution < 1.29 is 9.90 Å². The molecule has 0 bridgehead atoms. The SMILES string of the molecule is CCC(CC)(Nc1nnc2ccccc2n1)C(=O)O. The summed E-state index contributed by atoms with van der Waals surface area (Å²) in [6.07, 6.45) is 0.879. The number of para-hydroxylation sites is 1. The van der Waals surface area contributed by atoms with Gasteiger partial charge < -0.3 is 10.4 Å². The predicted molar refractivity (Wildman–Crippen MR) is 71.9 cm³/mol. The summed E-state index contributed by atoms with van der Waals surface area (Å²) in [5, 5.41) is 20.2. The first-order valence-electron chi connectivity index (χ1n) is 6.22. The number of aromatic nitrogens is 3. The lowest BCUT2D eigenvalue weighted by atomic mass is 9.93. The summed E-state index contributed by atoms with van der Waals surface area (Å²) in [4.78, 5) is 15.7. The highest BCUT2D eigenvalue weighted by Crippen LogP contribution is 2.21. The zero-order chi connectivity index (χ0) is 13.9. The Kier molecular flexibility index (Phi) is 3.59. The lowest BCUT2D eigenvalue weighted by Crippen LogP contribution is -2.45. The third-order valence-electron chi connectivity index (χ3n) is 3.33. The molecule has 19 heavy (non-hydrogen) atoms. The van der Waals surface area contributed by atoms with Crippen LogP contribution in [0, 0.1) is 0 Å². The number of fused-ring (bicyclic) bond motifs is 1. The van der Waals surface area contributed by atoms with Gasteiger partial charge >= 0.3 is 5.97 Å².